The van der Waals surface area contributed by atoms with Crippen molar-refractivity contribution < 1.29 is 9.18 Å². The van der Waals surface area contributed by atoms with Crippen LogP contribution in [0.4, 0.5) is 4.39 Å². The maximum Gasteiger partial charge on any atom is 0.266 e. The van der Waals surface area contributed by atoms with E-state index in [2.05, 4.69) is 18.5 Å². The van der Waals surface area contributed by atoms with Gasteiger partial charge in [0.1, 0.15) is 17.5 Å². The molecule has 1 amide bonds. The maximum absolute atomic E-state index is 13.1. The van der Waals surface area contributed by atoms with Gasteiger partial charge in [-0.25, -0.2) is 4.39 Å². The van der Waals surface area contributed by atoms with E-state index in [1.807, 2.05) is 12.1 Å². The first-order valence-corrected chi connectivity index (χ1v) is 7.21. The molecule has 0 fully saturated rings. The second-order valence-corrected chi connectivity index (χ2v) is 4.79. The topological polar surface area (TPSA) is 56.1 Å². The Hall–Kier alpha value is -2.87. The van der Waals surface area contributed by atoms with Gasteiger partial charge in [0.15, 0.2) is 0 Å². The zero-order valence-corrected chi connectivity index (χ0v) is 13.0. The van der Waals surface area contributed by atoms with Gasteiger partial charge >= 0.3 is 0 Å². The zero-order chi connectivity index (χ0) is 17.1. The van der Waals surface area contributed by atoms with Gasteiger partial charge in [0.05, 0.1) is 0 Å². The van der Waals surface area contributed by atoms with E-state index in [0.717, 1.165) is 5.56 Å². The van der Waals surface area contributed by atoms with Crippen LogP contribution in [0.2, 0.25) is 0 Å². The summed E-state index contributed by atoms with van der Waals surface area (Å²) in [5.41, 5.74) is 0.851. The highest BCUT2D eigenvalue weighted by Crippen LogP contribution is 2.04. The third-order valence-electron chi connectivity index (χ3n) is 3.03. The van der Waals surface area contributed by atoms with Crippen molar-refractivity contribution in [2.45, 2.75) is 6.42 Å². The molecule has 0 aliphatic heterocycles. The fraction of sp³-hybridized carbons (Fsp3) is 0.222. The van der Waals surface area contributed by atoms with Crippen LogP contribution < -0.4 is 5.32 Å². The lowest BCUT2D eigenvalue weighted by atomic mass is 10.1. The standard InChI is InChI=1S/C18H20FN3O/c1-3-10-22(11-4-2)18(23)16(13-20)14-21-9-8-15-6-5-7-17(19)12-15/h3-7,12,14,21H,1-2,8-11H2/b16-14-. The molecule has 0 saturated heterocycles. The number of nitrogens with zero attached hydrogens (tertiary/aromatic N) is 2. The molecule has 0 spiro atoms. The molecule has 1 aromatic carbocycles. The number of rotatable bonds is 9. The highest BCUT2D eigenvalue weighted by Gasteiger charge is 2.15. The second kappa shape index (κ2) is 9.96. The smallest absolute Gasteiger partial charge is 0.266 e. The summed E-state index contributed by atoms with van der Waals surface area (Å²) in [4.78, 5) is 13.7. The molecule has 0 bridgehead atoms. The average Bonchev–Trinajstić information content (AvgIpc) is 2.54. The van der Waals surface area contributed by atoms with Crippen molar-refractivity contribution in [1.82, 2.24) is 10.2 Å². The summed E-state index contributed by atoms with van der Waals surface area (Å²) >= 11 is 0. The second-order valence-electron chi connectivity index (χ2n) is 4.79. The predicted octanol–water partition coefficient (Wildman–Crippen LogP) is 2.57. The number of carbonyl (C=O) groups is 1. The predicted molar refractivity (Wildman–Crippen MR) is 88.8 cm³/mol. The number of carbonyl (C=O) groups excluding carboxylic acids is 1. The lowest BCUT2D eigenvalue weighted by molar-refractivity contribution is -0.125. The SMILES string of the molecule is C=CCN(CC=C)C(=O)/C(C#N)=C\NCCc1cccc(F)c1. The highest BCUT2D eigenvalue weighted by atomic mass is 19.1. The number of halogens is 1. The van der Waals surface area contributed by atoms with Gasteiger partial charge in [0, 0.05) is 25.8 Å². The van der Waals surface area contributed by atoms with Crippen molar-refractivity contribution in [3.8, 4) is 6.07 Å². The van der Waals surface area contributed by atoms with Gasteiger partial charge in [-0.15, -0.1) is 13.2 Å². The van der Waals surface area contributed by atoms with E-state index < -0.39 is 0 Å². The van der Waals surface area contributed by atoms with E-state index in [1.165, 1.54) is 23.2 Å². The summed E-state index contributed by atoms with van der Waals surface area (Å²) in [6.07, 6.45) is 5.16. The minimum Gasteiger partial charge on any atom is -0.389 e. The first-order valence-electron chi connectivity index (χ1n) is 7.21. The normalized spacial score (nSPS) is 10.5. The summed E-state index contributed by atoms with van der Waals surface area (Å²) in [5.74, 6) is -0.666. The molecule has 0 saturated carbocycles. The number of hydrogen-bond donors (Lipinski definition) is 1. The minimum absolute atomic E-state index is 0.00735. The van der Waals surface area contributed by atoms with E-state index in [9.17, 15) is 9.18 Å². The molecule has 23 heavy (non-hydrogen) atoms. The van der Waals surface area contributed by atoms with Gasteiger partial charge in [-0.05, 0) is 24.1 Å². The number of benzene rings is 1. The van der Waals surface area contributed by atoms with E-state index >= 15 is 0 Å². The van der Waals surface area contributed by atoms with Crippen molar-refractivity contribution in [1.29, 1.82) is 5.26 Å². The Morgan fingerprint density at radius 1 is 1.35 bits per heavy atom. The fourth-order valence-electron chi connectivity index (χ4n) is 1.95. The van der Waals surface area contributed by atoms with E-state index in [0.29, 0.717) is 26.1 Å². The fourth-order valence-corrected chi connectivity index (χ4v) is 1.95. The van der Waals surface area contributed by atoms with E-state index in [1.54, 1.807) is 18.2 Å². The van der Waals surface area contributed by atoms with E-state index in [-0.39, 0.29) is 17.3 Å². The van der Waals surface area contributed by atoms with Crippen LogP contribution in [0.1, 0.15) is 5.56 Å². The number of hydrogen-bond acceptors (Lipinski definition) is 3. The first kappa shape index (κ1) is 18.2. The van der Waals surface area contributed by atoms with Crippen LogP contribution in [-0.2, 0) is 11.2 Å². The van der Waals surface area contributed by atoms with Crippen LogP contribution in [0.15, 0.2) is 61.3 Å². The van der Waals surface area contributed by atoms with Gasteiger partial charge in [-0.1, -0.05) is 24.3 Å². The van der Waals surface area contributed by atoms with Crippen LogP contribution in [0.5, 0.6) is 0 Å². The van der Waals surface area contributed by atoms with Crippen LogP contribution in [-0.4, -0.2) is 30.4 Å². The van der Waals surface area contributed by atoms with E-state index in [4.69, 9.17) is 5.26 Å². The van der Waals surface area contributed by atoms with Crippen molar-refractivity contribution in [3.63, 3.8) is 0 Å². The largest absolute Gasteiger partial charge is 0.389 e. The summed E-state index contributed by atoms with van der Waals surface area (Å²) in [6.45, 7) is 8.35. The molecule has 0 unspecified atom stereocenters. The van der Waals surface area contributed by atoms with Gasteiger partial charge < -0.3 is 10.2 Å². The first-order chi connectivity index (χ1) is 11.1. The number of nitrogens with one attached hydrogen (secondary N) is 1. The van der Waals surface area contributed by atoms with Crippen LogP contribution in [0, 0.1) is 17.1 Å². The lowest BCUT2D eigenvalue weighted by Crippen LogP contribution is -2.32. The Balaban J connectivity index is 2.61. The van der Waals surface area contributed by atoms with Crippen LogP contribution >= 0.6 is 0 Å². The summed E-state index contributed by atoms with van der Waals surface area (Å²) < 4.78 is 13.1. The Morgan fingerprint density at radius 2 is 2.04 bits per heavy atom. The third-order valence-corrected chi connectivity index (χ3v) is 3.03. The molecule has 1 N–H and O–H groups in total. The Morgan fingerprint density at radius 3 is 2.61 bits per heavy atom. The van der Waals surface area contributed by atoms with Crippen molar-refractivity contribution in [2.75, 3.05) is 19.6 Å². The lowest BCUT2D eigenvalue weighted by Gasteiger charge is -2.18. The molecule has 0 aliphatic rings. The molecular weight excluding hydrogens is 293 g/mol. The van der Waals surface area contributed by atoms with Gasteiger partial charge in [-0.3, -0.25) is 4.79 Å². The summed E-state index contributed by atoms with van der Waals surface area (Å²) in [7, 11) is 0. The number of nitriles is 1. The van der Waals surface area contributed by atoms with Crippen LogP contribution in [0.25, 0.3) is 0 Å². The molecule has 120 valence electrons. The number of amides is 1. The van der Waals surface area contributed by atoms with Gasteiger partial charge in [0.2, 0.25) is 0 Å². The molecule has 0 aromatic heterocycles. The monoisotopic (exact) mass is 313 g/mol. The van der Waals surface area contributed by atoms with Crippen molar-refractivity contribution in [2.24, 2.45) is 0 Å². The Kier molecular flexibility index (Phi) is 7.87. The zero-order valence-electron chi connectivity index (χ0n) is 13.0. The third kappa shape index (κ3) is 6.18. The Labute approximate surface area is 136 Å². The van der Waals surface area contributed by atoms with Crippen LogP contribution in [0.3, 0.4) is 0 Å². The van der Waals surface area contributed by atoms with Crippen molar-refractivity contribution >= 4 is 5.91 Å². The molecule has 0 atom stereocenters. The molecule has 1 rings (SSSR count). The molecule has 0 heterocycles. The minimum atomic E-state index is -0.384. The highest BCUT2D eigenvalue weighted by molar-refractivity contribution is 5.97. The molecule has 0 radical (unpaired) electrons. The molecule has 4 nitrogen and oxygen atoms in total. The molecule has 0 aliphatic carbocycles. The van der Waals surface area contributed by atoms with Crippen molar-refractivity contribution in [3.05, 3.63) is 72.7 Å². The molecule has 1 aromatic rings. The summed E-state index contributed by atoms with van der Waals surface area (Å²) in [6, 6.07) is 8.19. The Bertz CT molecular complexity index is 621. The van der Waals surface area contributed by atoms with Gasteiger partial charge in [0.25, 0.3) is 5.91 Å². The maximum atomic E-state index is 13.1. The molecular formula is C18H20FN3O. The average molecular weight is 313 g/mol. The summed E-state index contributed by atoms with van der Waals surface area (Å²) in [5, 5.41) is 12.0. The molecule has 5 heteroatoms. The quantitative estimate of drug-likeness (QED) is 0.330. The van der Waals surface area contributed by atoms with Gasteiger partial charge in [-0.2, -0.15) is 5.26 Å².